The molecule has 4 rings (SSSR count). The maximum Gasteiger partial charge on any atom is 0.224 e. The number of aromatic nitrogens is 3. The van der Waals surface area contributed by atoms with Gasteiger partial charge in [0.05, 0.1) is 19.2 Å². The average molecular weight is 406 g/mol. The predicted octanol–water partition coefficient (Wildman–Crippen LogP) is 3.85. The second-order valence-electron chi connectivity index (χ2n) is 7.14. The van der Waals surface area contributed by atoms with Gasteiger partial charge in [0.2, 0.25) is 5.91 Å². The van der Waals surface area contributed by atoms with Crippen LogP contribution in [0.3, 0.4) is 0 Å². The molecule has 0 aliphatic rings. The van der Waals surface area contributed by atoms with Crippen LogP contribution < -0.4 is 10.1 Å². The molecule has 0 saturated heterocycles. The third kappa shape index (κ3) is 4.05. The monoisotopic (exact) mass is 406 g/mol. The maximum absolute atomic E-state index is 13.2. The number of halogens is 1. The Hall–Kier alpha value is -3.61. The van der Waals surface area contributed by atoms with Crippen molar-refractivity contribution in [3.63, 3.8) is 0 Å². The van der Waals surface area contributed by atoms with Crippen molar-refractivity contribution >= 4 is 16.8 Å². The minimum atomic E-state index is -0.304. The molecule has 7 heteroatoms. The Morgan fingerprint density at radius 3 is 2.77 bits per heavy atom. The number of methoxy groups -OCH3 is 1. The number of nitrogens with one attached hydrogen (secondary N) is 2. The van der Waals surface area contributed by atoms with Crippen LogP contribution in [0.1, 0.15) is 11.3 Å². The van der Waals surface area contributed by atoms with Gasteiger partial charge in [-0.3, -0.25) is 9.89 Å². The first kappa shape index (κ1) is 19.7. The van der Waals surface area contributed by atoms with E-state index in [4.69, 9.17) is 4.74 Å². The number of fused-ring (bicyclic) bond motifs is 1. The second kappa shape index (κ2) is 8.41. The summed E-state index contributed by atoms with van der Waals surface area (Å²) in [5, 5.41) is 11.3. The van der Waals surface area contributed by atoms with Gasteiger partial charge in [0.1, 0.15) is 11.6 Å². The second-order valence-corrected chi connectivity index (χ2v) is 7.14. The van der Waals surface area contributed by atoms with Crippen molar-refractivity contribution in [2.45, 2.75) is 19.9 Å². The molecule has 0 saturated carbocycles. The molecule has 6 nitrogen and oxygen atoms in total. The molecule has 0 unspecified atom stereocenters. The molecule has 2 aromatic carbocycles. The van der Waals surface area contributed by atoms with Gasteiger partial charge in [-0.2, -0.15) is 5.10 Å². The highest BCUT2D eigenvalue weighted by atomic mass is 19.1. The van der Waals surface area contributed by atoms with Gasteiger partial charge in [-0.05, 0) is 55.5 Å². The zero-order valence-electron chi connectivity index (χ0n) is 16.9. The molecule has 0 fully saturated rings. The van der Waals surface area contributed by atoms with E-state index >= 15 is 0 Å². The minimum absolute atomic E-state index is 0.0824. The number of amides is 1. The zero-order chi connectivity index (χ0) is 21.1. The summed E-state index contributed by atoms with van der Waals surface area (Å²) in [7, 11) is 1.65. The van der Waals surface area contributed by atoms with Crippen LogP contribution in [-0.2, 0) is 17.8 Å². The number of ether oxygens (including phenoxy) is 1. The van der Waals surface area contributed by atoms with E-state index in [-0.39, 0.29) is 18.1 Å². The van der Waals surface area contributed by atoms with Crippen molar-refractivity contribution in [2.24, 2.45) is 0 Å². The standard InChI is InChI=1S/C23H23FN4O2/c1-15-20(23(27-26-15)16-3-5-18(24)6-4-16)14-22(29)25-10-12-28-11-9-17-13-19(30-2)7-8-21(17)28/h3-9,11,13H,10,12,14H2,1-2H3,(H,25,29)(H,26,27). The Bertz CT molecular complexity index is 1180. The van der Waals surface area contributed by atoms with Crippen molar-refractivity contribution in [3.8, 4) is 17.0 Å². The van der Waals surface area contributed by atoms with E-state index in [2.05, 4.69) is 20.1 Å². The third-order valence-corrected chi connectivity index (χ3v) is 5.18. The van der Waals surface area contributed by atoms with Crippen molar-refractivity contribution in [1.29, 1.82) is 0 Å². The van der Waals surface area contributed by atoms with E-state index in [1.165, 1.54) is 12.1 Å². The number of rotatable bonds is 7. The average Bonchev–Trinajstić information content (AvgIpc) is 3.32. The quantitative estimate of drug-likeness (QED) is 0.490. The molecule has 2 N–H and O–H groups in total. The molecule has 4 aromatic rings. The molecule has 0 bridgehead atoms. The molecular formula is C23H23FN4O2. The van der Waals surface area contributed by atoms with Crippen LogP contribution in [0.25, 0.3) is 22.2 Å². The SMILES string of the molecule is COc1ccc2c(ccn2CCNC(=O)Cc2c(-c3ccc(F)cc3)n[nH]c2C)c1. The van der Waals surface area contributed by atoms with Crippen molar-refractivity contribution in [3.05, 3.63) is 71.8 Å². The molecule has 0 aliphatic heterocycles. The largest absolute Gasteiger partial charge is 0.497 e. The van der Waals surface area contributed by atoms with E-state index < -0.39 is 0 Å². The summed E-state index contributed by atoms with van der Waals surface area (Å²) >= 11 is 0. The lowest BCUT2D eigenvalue weighted by Crippen LogP contribution is -2.28. The van der Waals surface area contributed by atoms with Crippen molar-refractivity contribution in [2.75, 3.05) is 13.7 Å². The lowest BCUT2D eigenvalue weighted by Gasteiger charge is -2.09. The summed E-state index contributed by atoms with van der Waals surface area (Å²) in [5.74, 6) is 0.434. The van der Waals surface area contributed by atoms with Gasteiger partial charge in [0.25, 0.3) is 0 Å². The van der Waals surface area contributed by atoms with Crippen LogP contribution in [-0.4, -0.2) is 34.3 Å². The molecule has 0 radical (unpaired) electrons. The van der Waals surface area contributed by atoms with Gasteiger partial charge in [-0.15, -0.1) is 0 Å². The van der Waals surface area contributed by atoms with Crippen LogP contribution in [0.5, 0.6) is 5.75 Å². The lowest BCUT2D eigenvalue weighted by atomic mass is 10.0. The van der Waals surface area contributed by atoms with E-state index in [1.54, 1.807) is 19.2 Å². The molecule has 2 heterocycles. The van der Waals surface area contributed by atoms with Gasteiger partial charge in [0.15, 0.2) is 0 Å². The smallest absolute Gasteiger partial charge is 0.224 e. The maximum atomic E-state index is 13.2. The predicted molar refractivity (Wildman–Crippen MR) is 114 cm³/mol. The molecule has 154 valence electrons. The summed E-state index contributed by atoms with van der Waals surface area (Å²) in [4.78, 5) is 12.5. The Labute approximate surface area is 173 Å². The highest BCUT2D eigenvalue weighted by Gasteiger charge is 2.16. The molecular weight excluding hydrogens is 383 g/mol. The topological polar surface area (TPSA) is 71.9 Å². The fraction of sp³-hybridized carbons (Fsp3) is 0.217. The summed E-state index contributed by atoms with van der Waals surface area (Å²) < 4.78 is 20.6. The first-order valence-electron chi connectivity index (χ1n) is 9.74. The van der Waals surface area contributed by atoms with E-state index in [0.717, 1.165) is 33.5 Å². The van der Waals surface area contributed by atoms with E-state index in [0.29, 0.717) is 18.8 Å². The number of aromatic amines is 1. The lowest BCUT2D eigenvalue weighted by molar-refractivity contribution is -0.120. The summed E-state index contributed by atoms with van der Waals surface area (Å²) in [5.41, 5.74) is 4.19. The summed E-state index contributed by atoms with van der Waals surface area (Å²) in [6.45, 7) is 3.05. The highest BCUT2D eigenvalue weighted by molar-refractivity contribution is 5.82. The number of carbonyl (C=O) groups is 1. The molecule has 0 aliphatic carbocycles. The van der Waals surface area contributed by atoms with Gasteiger partial charge in [0, 0.05) is 47.0 Å². The minimum Gasteiger partial charge on any atom is -0.497 e. The summed E-state index contributed by atoms with van der Waals surface area (Å²) in [6, 6.07) is 14.1. The van der Waals surface area contributed by atoms with Crippen molar-refractivity contribution < 1.29 is 13.9 Å². The van der Waals surface area contributed by atoms with Crippen LogP contribution in [0.2, 0.25) is 0 Å². The first-order chi connectivity index (χ1) is 14.5. The van der Waals surface area contributed by atoms with Crippen LogP contribution in [0.4, 0.5) is 4.39 Å². The number of hydrogen-bond acceptors (Lipinski definition) is 3. The summed E-state index contributed by atoms with van der Waals surface area (Å²) in [6.07, 6.45) is 2.21. The number of nitrogens with zero attached hydrogens (tertiary/aromatic N) is 2. The first-order valence-corrected chi connectivity index (χ1v) is 9.74. The van der Waals surface area contributed by atoms with E-state index in [1.807, 2.05) is 37.4 Å². The Balaban J connectivity index is 1.39. The van der Waals surface area contributed by atoms with Crippen LogP contribution >= 0.6 is 0 Å². The number of hydrogen-bond donors (Lipinski definition) is 2. The van der Waals surface area contributed by atoms with Gasteiger partial charge < -0.3 is 14.6 Å². The van der Waals surface area contributed by atoms with Crippen LogP contribution in [0, 0.1) is 12.7 Å². The highest BCUT2D eigenvalue weighted by Crippen LogP contribution is 2.24. The van der Waals surface area contributed by atoms with E-state index in [9.17, 15) is 9.18 Å². The Kier molecular flexibility index (Phi) is 5.52. The molecule has 30 heavy (non-hydrogen) atoms. The molecule has 2 aromatic heterocycles. The fourth-order valence-electron chi connectivity index (χ4n) is 3.55. The normalized spacial score (nSPS) is 11.0. The van der Waals surface area contributed by atoms with Gasteiger partial charge in [-0.1, -0.05) is 0 Å². The Morgan fingerprint density at radius 1 is 1.20 bits per heavy atom. The molecule has 0 spiro atoms. The van der Waals surface area contributed by atoms with Gasteiger partial charge >= 0.3 is 0 Å². The Morgan fingerprint density at radius 2 is 2.00 bits per heavy atom. The molecule has 1 amide bonds. The van der Waals surface area contributed by atoms with Crippen molar-refractivity contribution in [1.82, 2.24) is 20.1 Å². The number of carbonyl (C=O) groups excluding carboxylic acids is 1. The van der Waals surface area contributed by atoms with Crippen LogP contribution in [0.15, 0.2) is 54.7 Å². The molecule has 0 atom stereocenters. The number of H-pyrrole nitrogens is 1. The van der Waals surface area contributed by atoms with Gasteiger partial charge in [-0.25, -0.2) is 4.39 Å². The zero-order valence-corrected chi connectivity index (χ0v) is 16.9. The number of aryl methyl sites for hydroxylation is 1. The third-order valence-electron chi connectivity index (χ3n) is 5.18. The fourth-order valence-corrected chi connectivity index (χ4v) is 3.55. The number of benzene rings is 2.